The summed E-state index contributed by atoms with van der Waals surface area (Å²) in [5, 5.41) is 10.8. The van der Waals surface area contributed by atoms with Crippen molar-refractivity contribution in [3.8, 4) is 0 Å². The maximum absolute atomic E-state index is 13.3. The van der Waals surface area contributed by atoms with Crippen LogP contribution in [0.15, 0.2) is 45.4 Å². The van der Waals surface area contributed by atoms with Gasteiger partial charge in [0.1, 0.15) is 5.83 Å². The van der Waals surface area contributed by atoms with Gasteiger partial charge in [-0.1, -0.05) is 19.1 Å². The molecule has 92 valence electrons. The van der Waals surface area contributed by atoms with Crippen LogP contribution in [0.1, 0.15) is 20.3 Å². The second kappa shape index (κ2) is 6.91. The van der Waals surface area contributed by atoms with Crippen LogP contribution in [0.3, 0.4) is 0 Å². The van der Waals surface area contributed by atoms with Gasteiger partial charge in [0.2, 0.25) is 0 Å². The number of nitrogens with zero attached hydrogens (tertiary/aromatic N) is 2. The Morgan fingerprint density at radius 3 is 3.00 bits per heavy atom. The molecule has 17 heavy (non-hydrogen) atoms. The van der Waals surface area contributed by atoms with Gasteiger partial charge in [-0.3, -0.25) is 0 Å². The Morgan fingerprint density at radius 1 is 1.59 bits per heavy atom. The van der Waals surface area contributed by atoms with E-state index in [2.05, 4.69) is 22.2 Å². The Hall–Kier alpha value is -1.55. The first-order valence-electron chi connectivity index (χ1n) is 5.66. The summed E-state index contributed by atoms with van der Waals surface area (Å²) in [6.07, 6.45) is 5.55. The van der Waals surface area contributed by atoms with Crippen LogP contribution < -0.4 is 5.32 Å². The third kappa shape index (κ3) is 4.07. The summed E-state index contributed by atoms with van der Waals surface area (Å²) < 4.78 is 13.3. The molecule has 4 heteroatoms. The predicted molar refractivity (Wildman–Crippen MR) is 71.2 cm³/mol. The van der Waals surface area contributed by atoms with Gasteiger partial charge in [-0.2, -0.15) is 10.2 Å². The van der Waals surface area contributed by atoms with Gasteiger partial charge in [-0.25, -0.2) is 4.39 Å². The summed E-state index contributed by atoms with van der Waals surface area (Å²) in [5.41, 5.74) is 2.55. The van der Waals surface area contributed by atoms with Crippen LogP contribution in [0.2, 0.25) is 0 Å². The lowest BCUT2D eigenvalue weighted by atomic mass is 10.0. The third-order valence-corrected chi connectivity index (χ3v) is 2.44. The first kappa shape index (κ1) is 13.5. The Labute approximate surface area is 102 Å². The second-order valence-corrected chi connectivity index (χ2v) is 3.76. The fourth-order valence-corrected chi connectivity index (χ4v) is 1.63. The molecule has 0 aromatic heterocycles. The molecule has 3 nitrogen and oxygen atoms in total. The summed E-state index contributed by atoms with van der Waals surface area (Å²) in [6, 6.07) is 0. The van der Waals surface area contributed by atoms with E-state index in [0.29, 0.717) is 13.0 Å². The Morgan fingerprint density at radius 2 is 2.35 bits per heavy atom. The minimum atomic E-state index is -0.136. The lowest BCUT2D eigenvalue weighted by molar-refractivity contribution is 0.617. The molecule has 0 bridgehead atoms. The quantitative estimate of drug-likeness (QED) is 0.577. The Balaban J connectivity index is 3.04. The highest BCUT2D eigenvalue weighted by Gasteiger charge is 2.10. The zero-order chi connectivity index (χ0) is 12.7. The molecule has 0 atom stereocenters. The predicted octanol–water partition coefficient (Wildman–Crippen LogP) is 2.78. The van der Waals surface area contributed by atoms with Gasteiger partial charge >= 0.3 is 0 Å². The van der Waals surface area contributed by atoms with Gasteiger partial charge in [0.15, 0.2) is 0 Å². The highest BCUT2D eigenvalue weighted by atomic mass is 19.1. The Bertz CT molecular complexity index is 403. The number of halogens is 1. The Kier molecular flexibility index (Phi) is 5.49. The number of nitrogens with one attached hydrogen (secondary N) is 1. The summed E-state index contributed by atoms with van der Waals surface area (Å²) in [7, 11) is 0. The van der Waals surface area contributed by atoms with Gasteiger partial charge < -0.3 is 5.32 Å². The molecule has 0 aromatic carbocycles. The molecule has 0 aromatic rings. The van der Waals surface area contributed by atoms with Crippen LogP contribution in [0.5, 0.6) is 0 Å². The van der Waals surface area contributed by atoms with E-state index < -0.39 is 0 Å². The van der Waals surface area contributed by atoms with E-state index in [1.54, 1.807) is 12.2 Å². The molecule has 0 aliphatic heterocycles. The molecule has 1 rings (SSSR count). The molecule has 0 amide bonds. The van der Waals surface area contributed by atoms with Crippen LogP contribution in [-0.4, -0.2) is 25.5 Å². The number of hydrogen-bond donors (Lipinski definition) is 1. The smallest absolute Gasteiger partial charge is 0.104 e. The van der Waals surface area contributed by atoms with E-state index in [1.165, 1.54) is 0 Å². The van der Waals surface area contributed by atoms with Crippen LogP contribution in [-0.2, 0) is 0 Å². The topological polar surface area (TPSA) is 36.8 Å². The van der Waals surface area contributed by atoms with Crippen molar-refractivity contribution in [2.75, 3.05) is 13.1 Å². The average molecular weight is 235 g/mol. The van der Waals surface area contributed by atoms with Crippen molar-refractivity contribution in [2.45, 2.75) is 20.3 Å². The summed E-state index contributed by atoms with van der Waals surface area (Å²) >= 11 is 0. The maximum atomic E-state index is 13.3. The first-order valence-corrected chi connectivity index (χ1v) is 5.66. The molecule has 0 heterocycles. The fourth-order valence-electron chi connectivity index (χ4n) is 1.63. The standard InChI is InChI=1S/C13H18FN3/c1-4-16-9-13(17-15-3)12-7-5-6-11(14)8-10(12)2/h5,7-8,16H,3-4,6,9H2,1-2H3/b17-13+. The fraction of sp³-hybridized carbons (Fsp3) is 0.385. The average Bonchev–Trinajstić information content (AvgIpc) is 2.45. The summed E-state index contributed by atoms with van der Waals surface area (Å²) in [6.45, 7) is 8.69. The summed E-state index contributed by atoms with van der Waals surface area (Å²) in [5.74, 6) is -0.136. The van der Waals surface area contributed by atoms with E-state index in [-0.39, 0.29) is 5.83 Å². The van der Waals surface area contributed by atoms with Gasteiger partial charge in [0.25, 0.3) is 0 Å². The first-order chi connectivity index (χ1) is 8.19. The lowest BCUT2D eigenvalue weighted by Gasteiger charge is -2.08. The molecule has 1 aliphatic carbocycles. The number of allylic oxidation sites excluding steroid dienone is 5. The van der Waals surface area contributed by atoms with Crippen molar-refractivity contribution in [1.29, 1.82) is 0 Å². The lowest BCUT2D eigenvalue weighted by Crippen LogP contribution is -2.23. The molecular weight excluding hydrogens is 217 g/mol. The van der Waals surface area contributed by atoms with E-state index in [4.69, 9.17) is 0 Å². The van der Waals surface area contributed by atoms with Crippen LogP contribution in [0.4, 0.5) is 4.39 Å². The molecule has 1 N–H and O–H groups in total. The van der Waals surface area contributed by atoms with Crippen LogP contribution in [0, 0.1) is 0 Å². The van der Waals surface area contributed by atoms with Crippen molar-refractivity contribution in [3.63, 3.8) is 0 Å². The van der Waals surface area contributed by atoms with Gasteiger partial charge in [0, 0.05) is 25.3 Å². The molecule has 0 saturated carbocycles. The molecule has 0 unspecified atom stereocenters. The van der Waals surface area contributed by atoms with E-state index in [9.17, 15) is 4.39 Å². The van der Waals surface area contributed by atoms with Gasteiger partial charge in [-0.05, 0) is 25.1 Å². The molecular formula is C13H18FN3. The van der Waals surface area contributed by atoms with Crippen molar-refractivity contribution >= 4 is 12.4 Å². The highest BCUT2D eigenvalue weighted by molar-refractivity contribution is 6.05. The number of hydrogen-bond acceptors (Lipinski definition) is 3. The zero-order valence-electron chi connectivity index (χ0n) is 10.3. The largest absolute Gasteiger partial charge is 0.311 e. The normalized spacial score (nSPS) is 16.9. The molecule has 0 spiro atoms. The highest BCUT2D eigenvalue weighted by Crippen LogP contribution is 2.19. The van der Waals surface area contributed by atoms with Crippen LogP contribution in [0.25, 0.3) is 0 Å². The van der Waals surface area contributed by atoms with Crippen molar-refractivity contribution in [1.82, 2.24) is 5.32 Å². The summed E-state index contributed by atoms with van der Waals surface area (Å²) in [4.78, 5) is 0. The van der Waals surface area contributed by atoms with E-state index in [0.717, 1.165) is 23.4 Å². The van der Waals surface area contributed by atoms with E-state index >= 15 is 0 Å². The zero-order valence-corrected chi connectivity index (χ0v) is 10.3. The van der Waals surface area contributed by atoms with Gasteiger partial charge in [-0.15, -0.1) is 0 Å². The maximum Gasteiger partial charge on any atom is 0.104 e. The van der Waals surface area contributed by atoms with Crippen molar-refractivity contribution < 1.29 is 4.39 Å². The molecule has 0 fully saturated rings. The second-order valence-electron chi connectivity index (χ2n) is 3.76. The molecule has 0 saturated heterocycles. The molecule has 1 aliphatic rings. The van der Waals surface area contributed by atoms with Crippen LogP contribution >= 0.6 is 0 Å². The number of rotatable bonds is 5. The van der Waals surface area contributed by atoms with Crippen molar-refractivity contribution in [3.05, 3.63) is 35.2 Å². The van der Waals surface area contributed by atoms with Gasteiger partial charge in [0.05, 0.1) is 5.71 Å². The third-order valence-electron chi connectivity index (χ3n) is 2.44. The minimum absolute atomic E-state index is 0.136. The molecule has 0 radical (unpaired) electrons. The minimum Gasteiger partial charge on any atom is -0.311 e. The van der Waals surface area contributed by atoms with E-state index in [1.807, 2.05) is 19.9 Å². The van der Waals surface area contributed by atoms with Crippen molar-refractivity contribution in [2.24, 2.45) is 10.2 Å². The SMILES string of the molecule is C=N/N=C(\CNCC)C1=C(C)C=C(F)CC=C1. The monoisotopic (exact) mass is 235 g/mol.